The van der Waals surface area contributed by atoms with Crippen LogP contribution in [0.5, 0.6) is 0 Å². The largest absolute Gasteiger partial charge is 0.452 e. The summed E-state index contributed by atoms with van der Waals surface area (Å²) in [5.74, 6) is -1.24. The van der Waals surface area contributed by atoms with Crippen LogP contribution in [0.3, 0.4) is 0 Å². The van der Waals surface area contributed by atoms with Crippen LogP contribution in [0.2, 0.25) is 0 Å². The molecule has 0 radical (unpaired) electrons. The normalized spacial score (nSPS) is 13.9. The van der Waals surface area contributed by atoms with E-state index in [1.165, 1.54) is 12.1 Å². The Kier molecular flexibility index (Phi) is 7.59. The minimum absolute atomic E-state index is 0.0482. The van der Waals surface area contributed by atoms with Crippen molar-refractivity contribution >= 4 is 28.9 Å². The van der Waals surface area contributed by atoms with Gasteiger partial charge in [0.25, 0.3) is 11.6 Å². The molecule has 1 N–H and O–H groups in total. The highest BCUT2D eigenvalue weighted by molar-refractivity contribution is 5.96. The fraction of sp³-hybridized carbons (Fsp3) is 0.391. The average Bonchev–Trinajstić information content (AvgIpc) is 3.07. The monoisotopic (exact) mass is 425 g/mol. The van der Waals surface area contributed by atoms with Crippen LogP contribution >= 0.6 is 0 Å². The Hall–Kier alpha value is -3.42. The Morgan fingerprint density at radius 3 is 2.48 bits per heavy atom. The lowest BCUT2D eigenvalue weighted by Gasteiger charge is -2.22. The molecule has 1 amide bonds. The van der Waals surface area contributed by atoms with E-state index in [1.807, 2.05) is 30.0 Å². The van der Waals surface area contributed by atoms with Crippen LogP contribution in [-0.4, -0.2) is 36.5 Å². The number of carbonyl (C=O) groups excluding carboxylic acids is 2. The minimum atomic E-state index is -0.774. The lowest BCUT2D eigenvalue weighted by atomic mass is 10.1. The van der Waals surface area contributed by atoms with Crippen LogP contribution in [0.15, 0.2) is 42.5 Å². The second-order valence-electron chi connectivity index (χ2n) is 7.50. The number of para-hydroxylation sites is 1. The van der Waals surface area contributed by atoms with Gasteiger partial charge >= 0.3 is 5.97 Å². The van der Waals surface area contributed by atoms with Crippen molar-refractivity contribution in [3.63, 3.8) is 0 Å². The van der Waals surface area contributed by atoms with Gasteiger partial charge in [0, 0.05) is 24.8 Å². The molecule has 0 saturated carbocycles. The minimum Gasteiger partial charge on any atom is -0.452 e. The fourth-order valence-corrected chi connectivity index (χ4v) is 3.73. The number of benzene rings is 2. The number of ether oxygens (including phenoxy) is 1. The van der Waals surface area contributed by atoms with Gasteiger partial charge in [-0.05, 0) is 43.0 Å². The summed E-state index contributed by atoms with van der Waals surface area (Å²) in [5, 5.41) is 14.3. The number of nitrogens with zero attached hydrogens (tertiary/aromatic N) is 2. The van der Waals surface area contributed by atoms with Crippen molar-refractivity contribution in [1.29, 1.82) is 0 Å². The van der Waals surface area contributed by atoms with Crippen molar-refractivity contribution in [2.45, 2.75) is 39.0 Å². The number of anilines is 2. The van der Waals surface area contributed by atoms with Crippen LogP contribution in [-0.2, 0) is 16.0 Å². The molecule has 8 nitrogen and oxygen atoms in total. The van der Waals surface area contributed by atoms with E-state index in [0.717, 1.165) is 50.8 Å². The van der Waals surface area contributed by atoms with E-state index < -0.39 is 23.4 Å². The molecule has 8 heteroatoms. The molecule has 0 aromatic heterocycles. The zero-order valence-electron chi connectivity index (χ0n) is 17.6. The van der Waals surface area contributed by atoms with Crippen molar-refractivity contribution in [3.8, 4) is 0 Å². The van der Waals surface area contributed by atoms with Gasteiger partial charge in [0.05, 0.1) is 10.5 Å². The maximum Gasteiger partial charge on any atom is 0.338 e. The SMILES string of the molecule is CCc1ccccc1NC(=O)COC(=O)c1ccc(N2CCCCCC2)c([N+](=O)[O-])c1. The van der Waals surface area contributed by atoms with Crippen LogP contribution in [0.25, 0.3) is 0 Å². The molecule has 0 aliphatic carbocycles. The molecule has 1 fully saturated rings. The summed E-state index contributed by atoms with van der Waals surface area (Å²) in [5.41, 5.74) is 2.08. The van der Waals surface area contributed by atoms with E-state index in [-0.39, 0.29) is 11.3 Å². The third-order valence-electron chi connectivity index (χ3n) is 5.36. The highest BCUT2D eigenvalue weighted by Gasteiger charge is 2.23. The molecule has 2 aromatic rings. The molecule has 3 rings (SSSR count). The second kappa shape index (κ2) is 10.6. The number of rotatable bonds is 7. The Labute approximate surface area is 181 Å². The fourth-order valence-electron chi connectivity index (χ4n) is 3.73. The van der Waals surface area contributed by atoms with Gasteiger partial charge in [0.15, 0.2) is 6.61 Å². The van der Waals surface area contributed by atoms with Crippen molar-refractivity contribution in [1.82, 2.24) is 0 Å². The number of nitro benzene ring substituents is 1. The van der Waals surface area contributed by atoms with Gasteiger partial charge < -0.3 is 15.0 Å². The average molecular weight is 425 g/mol. The number of amides is 1. The summed E-state index contributed by atoms with van der Waals surface area (Å²) in [6.45, 7) is 3.01. The van der Waals surface area contributed by atoms with Gasteiger partial charge in [-0.2, -0.15) is 0 Å². The number of carbonyl (C=O) groups is 2. The Balaban J connectivity index is 1.66. The van der Waals surface area contributed by atoms with E-state index in [1.54, 1.807) is 12.1 Å². The summed E-state index contributed by atoms with van der Waals surface area (Å²) in [6.07, 6.45) is 4.94. The first-order valence-electron chi connectivity index (χ1n) is 10.6. The van der Waals surface area contributed by atoms with Gasteiger partial charge in [0.2, 0.25) is 0 Å². The standard InChI is InChI=1S/C23H27N3O5/c1-2-17-9-5-6-10-19(17)24-22(27)16-31-23(28)18-11-12-20(21(15-18)26(29)30)25-13-7-3-4-8-14-25/h5-6,9-12,15H,2-4,7-8,13-14,16H2,1H3,(H,24,27). The van der Waals surface area contributed by atoms with Crippen LogP contribution in [0.1, 0.15) is 48.5 Å². The molecule has 1 aliphatic heterocycles. The Morgan fingerprint density at radius 1 is 1.10 bits per heavy atom. The smallest absolute Gasteiger partial charge is 0.338 e. The first kappa shape index (κ1) is 22.3. The summed E-state index contributed by atoms with van der Waals surface area (Å²) < 4.78 is 5.09. The number of nitrogens with one attached hydrogen (secondary N) is 1. The number of nitro groups is 1. The summed E-state index contributed by atoms with van der Waals surface area (Å²) in [6, 6.07) is 11.7. The number of hydrogen-bond donors (Lipinski definition) is 1. The van der Waals surface area contributed by atoms with E-state index in [4.69, 9.17) is 4.74 Å². The number of hydrogen-bond acceptors (Lipinski definition) is 6. The first-order chi connectivity index (χ1) is 15.0. The summed E-state index contributed by atoms with van der Waals surface area (Å²) in [7, 11) is 0. The summed E-state index contributed by atoms with van der Waals surface area (Å²) in [4.78, 5) is 37.7. The predicted octanol–water partition coefficient (Wildman–Crippen LogP) is 4.33. The van der Waals surface area contributed by atoms with Crippen LogP contribution < -0.4 is 10.2 Å². The molecular formula is C23H27N3O5. The van der Waals surface area contributed by atoms with Crippen molar-refractivity contribution in [2.24, 2.45) is 0 Å². The molecule has 1 saturated heterocycles. The van der Waals surface area contributed by atoms with Gasteiger partial charge in [-0.3, -0.25) is 14.9 Å². The quantitative estimate of drug-likeness (QED) is 0.402. The Morgan fingerprint density at radius 2 is 1.81 bits per heavy atom. The molecule has 0 unspecified atom stereocenters. The molecule has 0 bridgehead atoms. The highest BCUT2D eigenvalue weighted by atomic mass is 16.6. The molecule has 164 valence electrons. The van der Waals surface area contributed by atoms with Crippen LogP contribution in [0, 0.1) is 10.1 Å². The maximum atomic E-state index is 12.4. The van der Waals surface area contributed by atoms with Gasteiger partial charge in [0.1, 0.15) is 5.69 Å². The van der Waals surface area contributed by atoms with E-state index in [9.17, 15) is 19.7 Å². The topological polar surface area (TPSA) is 102 Å². The van der Waals surface area contributed by atoms with E-state index in [2.05, 4.69) is 5.32 Å². The Bertz CT molecular complexity index is 952. The third-order valence-corrected chi connectivity index (χ3v) is 5.36. The number of aryl methyl sites for hydroxylation is 1. The number of esters is 1. The lowest BCUT2D eigenvalue weighted by Crippen LogP contribution is -2.25. The molecule has 2 aromatic carbocycles. The van der Waals surface area contributed by atoms with Gasteiger partial charge in [-0.15, -0.1) is 0 Å². The molecular weight excluding hydrogens is 398 g/mol. The van der Waals surface area contributed by atoms with Crippen molar-refractivity contribution in [3.05, 3.63) is 63.7 Å². The summed E-state index contributed by atoms with van der Waals surface area (Å²) >= 11 is 0. The predicted molar refractivity (Wildman–Crippen MR) is 119 cm³/mol. The highest BCUT2D eigenvalue weighted by Crippen LogP contribution is 2.31. The first-order valence-corrected chi connectivity index (χ1v) is 10.6. The van der Waals surface area contributed by atoms with E-state index in [0.29, 0.717) is 11.4 Å². The van der Waals surface area contributed by atoms with Gasteiger partial charge in [-0.1, -0.05) is 38.0 Å². The van der Waals surface area contributed by atoms with Crippen molar-refractivity contribution < 1.29 is 19.2 Å². The maximum absolute atomic E-state index is 12.4. The third kappa shape index (κ3) is 5.81. The molecule has 1 aliphatic rings. The zero-order chi connectivity index (χ0) is 22.2. The lowest BCUT2D eigenvalue weighted by molar-refractivity contribution is -0.384. The van der Waals surface area contributed by atoms with Gasteiger partial charge in [-0.25, -0.2) is 4.79 Å². The van der Waals surface area contributed by atoms with E-state index >= 15 is 0 Å². The molecule has 31 heavy (non-hydrogen) atoms. The molecule has 0 atom stereocenters. The zero-order valence-corrected chi connectivity index (χ0v) is 17.6. The van der Waals surface area contributed by atoms with Crippen LogP contribution in [0.4, 0.5) is 17.1 Å². The molecule has 1 heterocycles. The van der Waals surface area contributed by atoms with Crippen molar-refractivity contribution in [2.75, 3.05) is 29.9 Å². The molecule has 0 spiro atoms. The second-order valence-corrected chi connectivity index (χ2v) is 7.50.